The number of nitrogens with one attached hydrogen (secondary N) is 4. The summed E-state index contributed by atoms with van der Waals surface area (Å²) in [6, 6.07) is 11.3. The molecule has 2 amide bonds. The maximum absolute atomic E-state index is 13.4. The van der Waals surface area contributed by atoms with Gasteiger partial charge < -0.3 is 25.7 Å². The number of urea groups is 1. The molecule has 5 rings (SSSR count). The van der Waals surface area contributed by atoms with Crippen LogP contribution in [0.1, 0.15) is 56.9 Å². The second-order valence-electron chi connectivity index (χ2n) is 12.1. The molecule has 0 radical (unpaired) electrons. The molecule has 3 aromatic heterocycles. The van der Waals surface area contributed by atoms with Gasteiger partial charge in [-0.05, 0) is 50.2 Å². The van der Waals surface area contributed by atoms with Gasteiger partial charge in [0.05, 0.1) is 30.7 Å². The van der Waals surface area contributed by atoms with Crippen molar-refractivity contribution in [2.45, 2.75) is 52.3 Å². The van der Waals surface area contributed by atoms with E-state index < -0.39 is 5.41 Å². The number of allylic oxidation sites excluding steroid dienone is 1. The number of hydrogen-bond donors (Lipinski definition) is 4. The first kappa shape index (κ1) is 29.8. The third-order valence-corrected chi connectivity index (χ3v) is 7.32. The second kappa shape index (κ2) is 12.7. The van der Waals surface area contributed by atoms with E-state index >= 15 is 0 Å². The van der Waals surface area contributed by atoms with Gasteiger partial charge in [-0.2, -0.15) is 5.10 Å². The van der Waals surface area contributed by atoms with Gasteiger partial charge in [-0.1, -0.05) is 45.0 Å². The molecule has 1 aliphatic carbocycles. The monoisotopic (exact) mass is 584 g/mol. The molecular formula is C31H40N10O2. The number of aromatic nitrogens is 5. The quantitative estimate of drug-likeness (QED) is 0.197. The summed E-state index contributed by atoms with van der Waals surface area (Å²) in [6.07, 6.45) is 10.0. The van der Waals surface area contributed by atoms with Gasteiger partial charge in [-0.25, -0.2) is 4.79 Å². The predicted molar refractivity (Wildman–Crippen MR) is 166 cm³/mol. The number of benzene rings is 1. The van der Waals surface area contributed by atoms with Crippen molar-refractivity contribution in [1.29, 1.82) is 5.41 Å². The standard InChI is InChI=1S/C31H40N10O2/c1-31(2,3)27(32)16-28(35-21-17-34-41(18-21)15-14-39(4)5)37-30(42)36-25-11-12-26(24-9-7-6-8-23(24)25)43-22-10-13-29-38-33-20-40(29)19-22/h6-10,13,16-20,25-26,32,35H,11-12,14-15H2,1-5H3,(H2,36,37,42)/b28-16+,32-27?. The number of anilines is 1. The van der Waals surface area contributed by atoms with Crippen LogP contribution in [0.4, 0.5) is 10.5 Å². The summed E-state index contributed by atoms with van der Waals surface area (Å²) in [7, 11) is 4.03. The molecule has 0 bridgehead atoms. The first-order valence-electron chi connectivity index (χ1n) is 14.4. The smallest absolute Gasteiger partial charge is 0.320 e. The topological polar surface area (TPSA) is 137 Å². The van der Waals surface area contributed by atoms with Gasteiger partial charge in [-0.3, -0.25) is 14.4 Å². The van der Waals surface area contributed by atoms with Gasteiger partial charge in [-0.15, -0.1) is 10.2 Å². The highest BCUT2D eigenvalue weighted by Crippen LogP contribution is 2.38. The molecule has 2 atom stereocenters. The molecule has 4 aromatic rings. The van der Waals surface area contributed by atoms with Crippen LogP contribution in [-0.4, -0.2) is 61.7 Å². The van der Waals surface area contributed by atoms with Crippen molar-refractivity contribution in [3.8, 4) is 5.75 Å². The van der Waals surface area contributed by atoms with E-state index in [0.29, 0.717) is 18.0 Å². The third kappa shape index (κ3) is 7.58. The Balaban J connectivity index is 1.28. The lowest BCUT2D eigenvalue weighted by molar-refractivity contribution is 0.171. The molecule has 0 saturated heterocycles. The SMILES string of the molecule is CN(C)CCn1cc(N/C(=C\C(=N)C(C)(C)C)NC(=O)NC2CCC(Oc3ccc4nncn4c3)c3ccccc32)cn1. The average molecular weight is 585 g/mol. The zero-order valence-corrected chi connectivity index (χ0v) is 25.3. The lowest BCUT2D eigenvalue weighted by Crippen LogP contribution is -2.41. The zero-order chi connectivity index (χ0) is 30.6. The van der Waals surface area contributed by atoms with Crippen LogP contribution in [0.2, 0.25) is 0 Å². The van der Waals surface area contributed by atoms with Crippen LogP contribution in [0.3, 0.4) is 0 Å². The normalized spacial score (nSPS) is 17.0. The van der Waals surface area contributed by atoms with E-state index in [0.717, 1.165) is 47.7 Å². The Hall–Kier alpha value is -4.71. The second-order valence-corrected chi connectivity index (χ2v) is 12.1. The fourth-order valence-corrected chi connectivity index (χ4v) is 4.85. The summed E-state index contributed by atoms with van der Waals surface area (Å²) in [4.78, 5) is 15.5. The highest BCUT2D eigenvalue weighted by Gasteiger charge is 2.29. The van der Waals surface area contributed by atoms with Crippen molar-refractivity contribution in [3.63, 3.8) is 0 Å². The number of ether oxygens (including phenoxy) is 1. The van der Waals surface area contributed by atoms with E-state index in [1.165, 1.54) is 0 Å². The minimum absolute atomic E-state index is 0.153. The number of carbonyl (C=O) groups is 1. The van der Waals surface area contributed by atoms with Gasteiger partial charge in [0.2, 0.25) is 0 Å². The van der Waals surface area contributed by atoms with E-state index in [1.807, 2.05) is 86.7 Å². The van der Waals surface area contributed by atoms with Crippen molar-refractivity contribution in [2.75, 3.05) is 26.0 Å². The number of likely N-dealkylation sites (N-methyl/N-ethyl adjacent to an activating group) is 1. The van der Waals surface area contributed by atoms with Crippen LogP contribution >= 0.6 is 0 Å². The summed E-state index contributed by atoms with van der Waals surface area (Å²) in [5.74, 6) is 1.13. The molecule has 0 saturated carbocycles. The number of nitrogens with zero attached hydrogens (tertiary/aromatic N) is 6. The summed E-state index contributed by atoms with van der Waals surface area (Å²) in [6.45, 7) is 7.48. The lowest BCUT2D eigenvalue weighted by Gasteiger charge is -2.32. The Bertz CT molecular complexity index is 1610. The predicted octanol–water partition coefficient (Wildman–Crippen LogP) is 4.76. The van der Waals surface area contributed by atoms with E-state index in [9.17, 15) is 4.79 Å². The Morgan fingerprint density at radius 3 is 2.70 bits per heavy atom. The fourth-order valence-electron chi connectivity index (χ4n) is 4.85. The Labute approximate surface area is 251 Å². The van der Waals surface area contributed by atoms with E-state index in [2.05, 4.69) is 42.2 Å². The molecule has 1 aromatic carbocycles. The van der Waals surface area contributed by atoms with Gasteiger partial charge in [0, 0.05) is 29.9 Å². The highest BCUT2D eigenvalue weighted by molar-refractivity contribution is 5.97. The van der Waals surface area contributed by atoms with Crippen LogP contribution in [0, 0.1) is 10.8 Å². The number of rotatable bonds is 10. The first-order valence-corrected chi connectivity index (χ1v) is 14.4. The molecule has 1 aliphatic rings. The van der Waals surface area contributed by atoms with Crippen molar-refractivity contribution in [1.82, 2.24) is 39.9 Å². The van der Waals surface area contributed by atoms with E-state index in [4.69, 9.17) is 10.1 Å². The fraction of sp³-hybridized carbons (Fsp3) is 0.387. The van der Waals surface area contributed by atoms with Gasteiger partial charge in [0.15, 0.2) is 5.65 Å². The first-order chi connectivity index (χ1) is 20.5. The number of pyridine rings is 1. The van der Waals surface area contributed by atoms with Gasteiger partial charge in [0.1, 0.15) is 24.0 Å². The molecule has 0 spiro atoms. The summed E-state index contributed by atoms with van der Waals surface area (Å²) in [5, 5.41) is 30.3. The van der Waals surface area contributed by atoms with Crippen molar-refractivity contribution in [3.05, 3.63) is 84.3 Å². The van der Waals surface area contributed by atoms with Crippen LogP contribution in [0.15, 0.2) is 73.2 Å². The highest BCUT2D eigenvalue weighted by atomic mass is 16.5. The van der Waals surface area contributed by atoms with E-state index in [-0.39, 0.29) is 18.2 Å². The molecule has 0 fully saturated rings. The number of amides is 2. The molecule has 226 valence electrons. The number of fused-ring (bicyclic) bond motifs is 2. The van der Waals surface area contributed by atoms with Crippen LogP contribution < -0.4 is 20.7 Å². The molecular weight excluding hydrogens is 544 g/mol. The maximum Gasteiger partial charge on any atom is 0.320 e. The molecule has 12 heteroatoms. The van der Waals surface area contributed by atoms with Gasteiger partial charge in [0.25, 0.3) is 0 Å². The summed E-state index contributed by atoms with van der Waals surface area (Å²) in [5.41, 5.74) is 3.52. The van der Waals surface area contributed by atoms with Gasteiger partial charge >= 0.3 is 6.03 Å². The van der Waals surface area contributed by atoms with Crippen molar-refractivity contribution >= 4 is 23.1 Å². The Kier molecular flexibility index (Phi) is 8.76. The summed E-state index contributed by atoms with van der Waals surface area (Å²) < 4.78 is 10.1. The maximum atomic E-state index is 13.4. The van der Waals surface area contributed by atoms with Crippen molar-refractivity contribution < 1.29 is 9.53 Å². The molecule has 4 N–H and O–H groups in total. The Morgan fingerprint density at radius 2 is 1.93 bits per heavy atom. The van der Waals surface area contributed by atoms with Crippen molar-refractivity contribution in [2.24, 2.45) is 5.41 Å². The Morgan fingerprint density at radius 1 is 1.14 bits per heavy atom. The molecule has 43 heavy (non-hydrogen) atoms. The summed E-state index contributed by atoms with van der Waals surface area (Å²) >= 11 is 0. The van der Waals surface area contributed by atoms with Crippen LogP contribution in [-0.2, 0) is 6.54 Å². The lowest BCUT2D eigenvalue weighted by atomic mass is 9.85. The minimum Gasteiger partial charge on any atom is -0.484 e. The van der Waals surface area contributed by atoms with E-state index in [1.54, 1.807) is 18.6 Å². The van der Waals surface area contributed by atoms with Crippen LogP contribution in [0.25, 0.3) is 5.65 Å². The number of carbonyl (C=O) groups excluding carboxylic acids is 1. The molecule has 0 aliphatic heterocycles. The number of hydrogen-bond acceptors (Lipinski definition) is 8. The third-order valence-electron chi connectivity index (χ3n) is 7.32. The largest absolute Gasteiger partial charge is 0.484 e. The molecule has 3 heterocycles. The average Bonchev–Trinajstić information content (AvgIpc) is 3.61. The molecule has 12 nitrogen and oxygen atoms in total. The molecule has 2 unspecified atom stereocenters. The minimum atomic E-state index is -0.392. The van der Waals surface area contributed by atoms with Crippen LogP contribution in [0.5, 0.6) is 5.75 Å². The zero-order valence-electron chi connectivity index (χ0n) is 25.3.